The fraction of sp³-hybridized carbons (Fsp3) is 0.312. The van der Waals surface area contributed by atoms with Gasteiger partial charge >= 0.3 is 12.1 Å². The van der Waals surface area contributed by atoms with E-state index in [9.17, 15) is 22.8 Å². The number of aromatic amines is 1. The summed E-state index contributed by atoms with van der Waals surface area (Å²) in [5.41, 5.74) is 2.38. The molecule has 216 valence electrons. The Balaban J connectivity index is 1.80. The molecule has 3 aromatic carbocycles. The van der Waals surface area contributed by atoms with Gasteiger partial charge in [0.15, 0.2) is 0 Å². The SMILES string of the molecule is CCCCC(c1ccc(C(=O)NCCC(=O)O)cc1)C(c1ccc(OC)cc1)c1c[nH]c2c(C(F)(F)F)cccc12. The number of nitrogens with one attached hydrogen (secondary N) is 2. The number of ether oxygens (including phenoxy) is 1. The molecule has 0 saturated heterocycles. The summed E-state index contributed by atoms with van der Waals surface area (Å²) < 4.78 is 46.9. The van der Waals surface area contributed by atoms with Crippen molar-refractivity contribution in [3.8, 4) is 5.75 Å². The van der Waals surface area contributed by atoms with Crippen molar-refractivity contribution in [3.63, 3.8) is 0 Å². The number of hydrogen-bond donors (Lipinski definition) is 3. The molecule has 4 rings (SSSR count). The monoisotopic (exact) mass is 566 g/mol. The van der Waals surface area contributed by atoms with Crippen LogP contribution >= 0.6 is 0 Å². The minimum Gasteiger partial charge on any atom is -0.497 e. The number of carboxylic acids is 1. The minimum absolute atomic E-state index is 0.0229. The first-order chi connectivity index (χ1) is 19.6. The number of benzene rings is 3. The normalized spacial score (nSPS) is 13.1. The van der Waals surface area contributed by atoms with Gasteiger partial charge in [0.1, 0.15) is 5.75 Å². The second-order valence-electron chi connectivity index (χ2n) is 9.99. The number of rotatable bonds is 12. The van der Waals surface area contributed by atoms with Crippen LogP contribution in [0.15, 0.2) is 72.9 Å². The molecule has 0 spiro atoms. The van der Waals surface area contributed by atoms with Crippen molar-refractivity contribution in [2.45, 2.75) is 50.6 Å². The molecular formula is C32H33F3N2O4. The van der Waals surface area contributed by atoms with E-state index >= 15 is 0 Å². The molecule has 1 amide bonds. The Kier molecular flexibility index (Phi) is 9.37. The number of aromatic nitrogens is 1. The quantitative estimate of drug-likeness (QED) is 0.166. The lowest BCUT2D eigenvalue weighted by Crippen LogP contribution is -2.26. The Morgan fingerprint density at radius 3 is 2.29 bits per heavy atom. The molecule has 0 aliphatic rings. The van der Waals surface area contributed by atoms with Crippen LogP contribution in [0, 0.1) is 0 Å². The summed E-state index contributed by atoms with van der Waals surface area (Å²) in [4.78, 5) is 26.2. The minimum atomic E-state index is -4.50. The zero-order valence-corrected chi connectivity index (χ0v) is 22.9. The molecular weight excluding hydrogens is 533 g/mol. The van der Waals surface area contributed by atoms with Crippen LogP contribution in [-0.4, -0.2) is 35.6 Å². The largest absolute Gasteiger partial charge is 0.497 e. The lowest BCUT2D eigenvalue weighted by atomic mass is 9.74. The Morgan fingerprint density at radius 1 is 1.00 bits per heavy atom. The molecule has 9 heteroatoms. The maximum atomic E-state index is 13.8. The summed E-state index contributed by atoms with van der Waals surface area (Å²) in [5.74, 6) is -1.09. The first-order valence-corrected chi connectivity index (χ1v) is 13.5. The van der Waals surface area contributed by atoms with Gasteiger partial charge in [0.25, 0.3) is 5.91 Å². The molecule has 2 atom stereocenters. The Bertz CT molecular complexity index is 1480. The van der Waals surface area contributed by atoms with Crippen LogP contribution in [0.4, 0.5) is 13.2 Å². The number of hydrogen-bond acceptors (Lipinski definition) is 3. The molecule has 0 bridgehead atoms. The highest BCUT2D eigenvalue weighted by atomic mass is 19.4. The van der Waals surface area contributed by atoms with Crippen LogP contribution in [0.25, 0.3) is 10.9 Å². The van der Waals surface area contributed by atoms with Crippen LogP contribution in [0.1, 0.15) is 77.1 Å². The number of methoxy groups -OCH3 is 1. The van der Waals surface area contributed by atoms with Crippen molar-refractivity contribution < 1.29 is 32.6 Å². The van der Waals surface area contributed by atoms with Gasteiger partial charge in [-0.3, -0.25) is 9.59 Å². The lowest BCUT2D eigenvalue weighted by Gasteiger charge is -2.29. The molecule has 0 saturated carbocycles. The molecule has 0 aliphatic carbocycles. The summed E-state index contributed by atoms with van der Waals surface area (Å²) >= 11 is 0. The van der Waals surface area contributed by atoms with E-state index < -0.39 is 17.7 Å². The van der Waals surface area contributed by atoms with Gasteiger partial charge in [-0.15, -0.1) is 0 Å². The fourth-order valence-electron chi connectivity index (χ4n) is 5.33. The second kappa shape index (κ2) is 12.9. The van der Waals surface area contributed by atoms with Crippen LogP contribution in [0.2, 0.25) is 0 Å². The summed E-state index contributed by atoms with van der Waals surface area (Å²) in [6.07, 6.45) is -0.402. The van der Waals surface area contributed by atoms with E-state index in [1.165, 1.54) is 6.07 Å². The van der Waals surface area contributed by atoms with Gasteiger partial charge in [-0.2, -0.15) is 13.2 Å². The van der Waals surface area contributed by atoms with Crippen LogP contribution in [-0.2, 0) is 11.0 Å². The van der Waals surface area contributed by atoms with Crippen molar-refractivity contribution in [2.75, 3.05) is 13.7 Å². The van der Waals surface area contributed by atoms with Gasteiger partial charge in [-0.25, -0.2) is 0 Å². The van der Waals surface area contributed by atoms with Crippen molar-refractivity contribution in [2.24, 2.45) is 0 Å². The molecule has 1 heterocycles. The van der Waals surface area contributed by atoms with Crippen LogP contribution < -0.4 is 10.1 Å². The van der Waals surface area contributed by atoms with Gasteiger partial charge in [-0.05, 0) is 59.4 Å². The summed E-state index contributed by atoms with van der Waals surface area (Å²) in [7, 11) is 1.58. The predicted molar refractivity (Wildman–Crippen MR) is 151 cm³/mol. The van der Waals surface area contributed by atoms with E-state index in [4.69, 9.17) is 9.84 Å². The number of unbranched alkanes of at least 4 members (excludes halogenated alkanes) is 1. The zero-order valence-electron chi connectivity index (χ0n) is 22.9. The number of aliphatic carboxylic acids is 1. The average molecular weight is 567 g/mol. The average Bonchev–Trinajstić information content (AvgIpc) is 3.38. The smallest absolute Gasteiger partial charge is 0.418 e. The van der Waals surface area contributed by atoms with Crippen molar-refractivity contribution in [1.29, 1.82) is 0 Å². The molecule has 3 N–H and O–H groups in total. The highest BCUT2D eigenvalue weighted by Crippen LogP contribution is 2.46. The molecule has 0 fully saturated rings. The van der Waals surface area contributed by atoms with E-state index in [2.05, 4.69) is 17.2 Å². The summed E-state index contributed by atoms with van der Waals surface area (Å²) in [5, 5.41) is 11.9. The van der Waals surface area contributed by atoms with E-state index in [0.29, 0.717) is 16.7 Å². The first kappa shape index (κ1) is 29.7. The maximum Gasteiger partial charge on any atom is 0.418 e. The Morgan fingerprint density at radius 2 is 1.68 bits per heavy atom. The summed E-state index contributed by atoms with van der Waals surface area (Å²) in [6, 6.07) is 19.0. The molecule has 6 nitrogen and oxygen atoms in total. The van der Waals surface area contributed by atoms with Gasteiger partial charge in [0, 0.05) is 29.6 Å². The molecule has 0 radical (unpaired) electrons. The predicted octanol–water partition coefficient (Wildman–Crippen LogP) is 7.51. The van der Waals surface area contributed by atoms with Gasteiger partial charge < -0.3 is 20.1 Å². The summed E-state index contributed by atoms with van der Waals surface area (Å²) in [6.45, 7) is 2.11. The molecule has 4 aromatic rings. The fourth-order valence-corrected chi connectivity index (χ4v) is 5.33. The molecule has 1 aromatic heterocycles. The van der Waals surface area contributed by atoms with Gasteiger partial charge in [-0.1, -0.05) is 56.2 Å². The number of carbonyl (C=O) groups excluding carboxylic acids is 1. The number of halogens is 3. The number of amides is 1. The van der Waals surface area contributed by atoms with Crippen LogP contribution in [0.3, 0.4) is 0 Å². The van der Waals surface area contributed by atoms with Crippen molar-refractivity contribution >= 4 is 22.8 Å². The van der Waals surface area contributed by atoms with E-state index in [1.54, 1.807) is 31.5 Å². The number of para-hydroxylation sites is 1. The second-order valence-corrected chi connectivity index (χ2v) is 9.99. The lowest BCUT2D eigenvalue weighted by molar-refractivity contribution is -0.137. The number of H-pyrrole nitrogens is 1. The van der Waals surface area contributed by atoms with Crippen LogP contribution in [0.5, 0.6) is 5.75 Å². The number of carbonyl (C=O) groups is 2. The molecule has 2 unspecified atom stereocenters. The van der Waals surface area contributed by atoms with Crippen molar-refractivity contribution in [1.82, 2.24) is 10.3 Å². The van der Waals surface area contributed by atoms with E-state index in [1.807, 2.05) is 36.4 Å². The first-order valence-electron chi connectivity index (χ1n) is 13.5. The zero-order chi connectivity index (χ0) is 29.6. The van der Waals surface area contributed by atoms with E-state index in [-0.39, 0.29) is 36.2 Å². The Labute approximate surface area is 236 Å². The third-order valence-electron chi connectivity index (χ3n) is 7.36. The van der Waals surface area contributed by atoms with E-state index in [0.717, 1.165) is 42.0 Å². The molecule has 41 heavy (non-hydrogen) atoms. The third-order valence-corrected chi connectivity index (χ3v) is 7.36. The highest BCUT2D eigenvalue weighted by Gasteiger charge is 2.35. The maximum absolute atomic E-state index is 13.8. The number of fused-ring (bicyclic) bond motifs is 1. The van der Waals surface area contributed by atoms with Gasteiger partial charge in [0.05, 0.1) is 24.6 Å². The topological polar surface area (TPSA) is 91.4 Å². The highest BCUT2D eigenvalue weighted by molar-refractivity contribution is 5.94. The number of alkyl halides is 3. The van der Waals surface area contributed by atoms with Crippen molar-refractivity contribution in [3.05, 3.63) is 101 Å². The molecule has 0 aliphatic heterocycles. The third kappa shape index (κ3) is 6.90. The van der Waals surface area contributed by atoms with Gasteiger partial charge in [0.2, 0.25) is 0 Å². The standard InChI is InChI=1S/C32H33F3N2O4/c1-3-4-6-24(20-9-11-22(12-10-20)31(40)36-18-17-28(38)39)29(21-13-15-23(41-2)16-14-21)26-19-37-30-25(26)7-5-8-27(30)32(33,34)35/h5,7-16,19,24,29,37H,3-4,6,17-18H2,1-2H3,(H,36,40)(H,38,39). The number of carboxylic acid groups (broad SMARTS) is 1. The Hall–Kier alpha value is -4.27.